The van der Waals surface area contributed by atoms with Crippen LogP contribution in [0.4, 0.5) is 17.1 Å². The molecule has 7 nitrogen and oxygen atoms in total. The van der Waals surface area contributed by atoms with Gasteiger partial charge in [-0.25, -0.2) is 0 Å². The molecule has 1 amide bonds. The summed E-state index contributed by atoms with van der Waals surface area (Å²) in [6.07, 6.45) is 0. The van der Waals surface area contributed by atoms with E-state index in [1.165, 1.54) is 6.07 Å². The van der Waals surface area contributed by atoms with Crippen molar-refractivity contribution in [2.45, 2.75) is 20.8 Å². The number of benzene rings is 1. The van der Waals surface area contributed by atoms with Gasteiger partial charge in [-0.2, -0.15) is 0 Å². The SMILES string of the molecule is CCN1CCN(c2cc(NC(=O)C(C)C)c(Cl)cc2[N+](=O)[O-])CC1. The van der Waals surface area contributed by atoms with E-state index in [1.807, 2.05) is 4.90 Å². The van der Waals surface area contributed by atoms with Gasteiger partial charge in [0.15, 0.2) is 0 Å². The third kappa shape index (κ3) is 4.15. The Bertz CT molecular complexity index is 628. The number of rotatable bonds is 5. The molecule has 0 atom stereocenters. The normalized spacial score (nSPS) is 15.6. The van der Waals surface area contributed by atoms with Gasteiger partial charge in [0, 0.05) is 38.2 Å². The molecule has 0 aliphatic carbocycles. The van der Waals surface area contributed by atoms with E-state index in [1.54, 1.807) is 19.9 Å². The molecule has 0 aromatic heterocycles. The molecule has 1 fully saturated rings. The van der Waals surface area contributed by atoms with Crippen LogP contribution >= 0.6 is 11.6 Å². The first-order chi connectivity index (χ1) is 11.3. The largest absolute Gasteiger partial charge is 0.363 e. The summed E-state index contributed by atoms with van der Waals surface area (Å²) in [6.45, 7) is 9.72. The van der Waals surface area contributed by atoms with Crippen molar-refractivity contribution in [1.82, 2.24) is 4.90 Å². The molecule has 0 saturated carbocycles. The lowest BCUT2D eigenvalue weighted by atomic mass is 10.1. The van der Waals surface area contributed by atoms with Crippen molar-refractivity contribution in [2.24, 2.45) is 5.92 Å². The molecule has 1 aliphatic rings. The summed E-state index contributed by atoms with van der Waals surface area (Å²) in [5.41, 5.74) is 0.876. The summed E-state index contributed by atoms with van der Waals surface area (Å²) in [7, 11) is 0. The minimum absolute atomic E-state index is 0.0347. The molecule has 1 aromatic rings. The number of amides is 1. The van der Waals surface area contributed by atoms with Gasteiger partial charge >= 0.3 is 0 Å². The van der Waals surface area contributed by atoms with E-state index < -0.39 is 4.92 Å². The minimum Gasteiger partial charge on any atom is -0.363 e. The van der Waals surface area contributed by atoms with Crippen LogP contribution < -0.4 is 10.2 Å². The monoisotopic (exact) mass is 354 g/mol. The minimum atomic E-state index is -0.429. The van der Waals surface area contributed by atoms with E-state index in [0.717, 1.165) is 19.6 Å². The molecule has 1 aromatic carbocycles. The summed E-state index contributed by atoms with van der Waals surface area (Å²) in [5.74, 6) is -0.375. The van der Waals surface area contributed by atoms with Crippen LogP contribution in [0.25, 0.3) is 0 Å². The standard InChI is InChI=1S/C16H23ClN4O3/c1-4-19-5-7-20(8-6-19)14-10-13(18-16(22)11(2)3)12(17)9-15(14)21(23)24/h9-11H,4-8H2,1-3H3,(H,18,22). The maximum absolute atomic E-state index is 11.9. The molecular formula is C16H23ClN4O3. The van der Waals surface area contributed by atoms with Crippen molar-refractivity contribution in [2.75, 3.05) is 42.9 Å². The Morgan fingerprint density at radius 1 is 1.33 bits per heavy atom. The Hall–Kier alpha value is -1.86. The van der Waals surface area contributed by atoms with Crippen LogP contribution in [0.1, 0.15) is 20.8 Å². The van der Waals surface area contributed by atoms with Crippen LogP contribution in [0.5, 0.6) is 0 Å². The third-order valence-corrected chi connectivity index (χ3v) is 4.52. The molecule has 0 bridgehead atoms. The maximum Gasteiger partial charge on any atom is 0.294 e. The van der Waals surface area contributed by atoms with Crippen molar-refractivity contribution >= 4 is 34.6 Å². The van der Waals surface area contributed by atoms with E-state index in [0.29, 0.717) is 24.5 Å². The van der Waals surface area contributed by atoms with Gasteiger partial charge in [0.1, 0.15) is 5.69 Å². The van der Waals surface area contributed by atoms with Crippen LogP contribution in [0.15, 0.2) is 12.1 Å². The topological polar surface area (TPSA) is 78.7 Å². The van der Waals surface area contributed by atoms with Crippen molar-refractivity contribution in [3.05, 3.63) is 27.3 Å². The maximum atomic E-state index is 11.9. The van der Waals surface area contributed by atoms with Gasteiger partial charge in [0.2, 0.25) is 5.91 Å². The first-order valence-corrected chi connectivity index (χ1v) is 8.47. The van der Waals surface area contributed by atoms with E-state index in [-0.39, 0.29) is 22.5 Å². The quantitative estimate of drug-likeness (QED) is 0.649. The number of hydrogen-bond donors (Lipinski definition) is 1. The van der Waals surface area contributed by atoms with E-state index in [9.17, 15) is 14.9 Å². The molecule has 1 aliphatic heterocycles. The Labute approximate surface area is 146 Å². The molecule has 1 heterocycles. The number of halogens is 1. The van der Waals surface area contributed by atoms with Gasteiger partial charge in [-0.3, -0.25) is 14.9 Å². The van der Waals surface area contributed by atoms with Crippen molar-refractivity contribution < 1.29 is 9.72 Å². The van der Waals surface area contributed by atoms with Gasteiger partial charge in [-0.15, -0.1) is 0 Å². The predicted molar refractivity (Wildman–Crippen MR) is 95.9 cm³/mol. The molecule has 132 valence electrons. The second-order valence-electron chi connectivity index (χ2n) is 6.14. The second-order valence-corrected chi connectivity index (χ2v) is 6.55. The lowest BCUT2D eigenvalue weighted by molar-refractivity contribution is -0.384. The summed E-state index contributed by atoms with van der Waals surface area (Å²) >= 11 is 6.13. The summed E-state index contributed by atoms with van der Waals surface area (Å²) in [5, 5.41) is 14.3. The van der Waals surface area contributed by atoms with Gasteiger partial charge in [0.25, 0.3) is 5.69 Å². The third-order valence-electron chi connectivity index (χ3n) is 4.20. The number of carbonyl (C=O) groups is 1. The average Bonchev–Trinajstić information content (AvgIpc) is 2.56. The number of hydrogen-bond acceptors (Lipinski definition) is 5. The van der Waals surface area contributed by atoms with Gasteiger partial charge in [-0.05, 0) is 12.6 Å². The van der Waals surface area contributed by atoms with Gasteiger partial charge < -0.3 is 15.1 Å². The van der Waals surface area contributed by atoms with E-state index in [2.05, 4.69) is 17.1 Å². The fourth-order valence-corrected chi connectivity index (χ4v) is 2.83. The van der Waals surface area contributed by atoms with Gasteiger partial charge in [0.05, 0.1) is 15.6 Å². The van der Waals surface area contributed by atoms with Crippen LogP contribution in [-0.4, -0.2) is 48.5 Å². The zero-order valence-electron chi connectivity index (χ0n) is 14.2. The first-order valence-electron chi connectivity index (χ1n) is 8.09. The summed E-state index contributed by atoms with van der Waals surface area (Å²) in [4.78, 5) is 27.2. The molecule has 0 radical (unpaired) electrons. The van der Waals surface area contributed by atoms with E-state index >= 15 is 0 Å². The number of nitrogens with one attached hydrogen (secondary N) is 1. The van der Waals surface area contributed by atoms with Crippen LogP contribution in [0.3, 0.4) is 0 Å². The highest BCUT2D eigenvalue weighted by Gasteiger charge is 2.25. The molecular weight excluding hydrogens is 332 g/mol. The predicted octanol–water partition coefficient (Wildman–Crippen LogP) is 2.98. The average molecular weight is 355 g/mol. The van der Waals surface area contributed by atoms with Crippen LogP contribution in [0, 0.1) is 16.0 Å². The fraction of sp³-hybridized carbons (Fsp3) is 0.562. The van der Waals surface area contributed by atoms with Gasteiger partial charge in [-0.1, -0.05) is 32.4 Å². The highest BCUT2D eigenvalue weighted by molar-refractivity contribution is 6.34. The van der Waals surface area contributed by atoms with Crippen molar-refractivity contribution in [3.8, 4) is 0 Å². The Morgan fingerprint density at radius 3 is 2.46 bits per heavy atom. The van der Waals surface area contributed by atoms with Crippen LogP contribution in [-0.2, 0) is 4.79 Å². The number of nitrogens with zero attached hydrogens (tertiary/aromatic N) is 3. The highest BCUT2D eigenvalue weighted by Crippen LogP contribution is 2.37. The lowest BCUT2D eigenvalue weighted by Crippen LogP contribution is -2.46. The summed E-state index contributed by atoms with van der Waals surface area (Å²) < 4.78 is 0. The van der Waals surface area contributed by atoms with E-state index in [4.69, 9.17) is 11.6 Å². The molecule has 1 saturated heterocycles. The number of likely N-dealkylation sites (N-methyl/N-ethyl adjacent to an activating group) is 1. The molecule has 24 heavy (non-hydrogen) atoms. The van der Waals surface area contributed by atoms with Crippen molar-refractivity contribution in [1.29, 1.82) is 0 Å². The zero-order valence-corrected chi connectivity index (χ0v) is 15.0. The number of anilines is 2. The molecule has 8 heteroatoms. The first kappa shape index (κ1) is 18.5. The van der Waals surface area contributed by atoms with Crippen LogP contribution in [0.2, 0.25) is 5.02 Å². The zero-order chi connectivity index (χ0) is 17.9. The molecule has 0 spiro atoms. The smallest absolute Gasteiger partial charge is 0.294 e. The number of piperazine rings is 1. The second kappa shape index (κ2) is 7.81. The number of nitro groups is 1. The Morgan fingerprint density at radius 2 is 1.96 bits per heavy atom. The number of carbonyl (C=O) groups excluding carboxylic acids is 1. The number of nitro benzene ring substituents is 1. The Balaban J connectivity index is 2.33. The lowest BCUT2D eigenvalue weighted by Gasteiger charge is -2.35. The highest BCUT2D eigenvalue weighted by atomic mass is 35.5. The fourth-order valence-electron chi connectivity index (χ4n) is 2.63. The molecule has 0 unspecified atom stereocenters. The molecule has 1 N–H and O–H groups in total. The summed E-state index contributed by atoms with van der Waals surface area (Å²) in [6, 6.07) is 2.93. The molecule has 2 rings (SSSR count). The van der Waals surface area contributed by atoms with Crippen molar-refractivity contribution in [3.63, 3.8) is 0 Å². The Kier molecular flexibility index (Phi) is 6.01.